The van der Waals surface area contributed by atoms with Gasteiger partial charge in [-0.15, -0.1) is 141 Å². The molecule has 574 valence electrons. The Bertz CT molecular complexity index is 4000. The molecule has 13 atom stereocenters. The number of thioether (sulfide) groups is 12. The van der Waals surface area contributed by atoms with Crippen LogP contribution in [0.25, 0.3) is 0 Å². The highest BCUT2D eigenvalue weighted by Crippen LogP contribution is 2.52. The van der Waals surface area contributed by atoms with E-state index in [1.807, 2.05) is 116 Å². The van der Waals surface area contributed by atoms with Gasteiger partial charge in [-0.05, 0) is 93.6 Å². The second kappa shape index (κ2) is 36.3. The van der Waals surface area contributed by atoms with Crippen molar-refractivity contribution in [3.63, 3.8) is 0 Å². The van der Waals surface area contributed by atoms with Gasteiger partial charge in [0.2, 0.25) is 6.04 Å². The van der Waals surface area contributed by atoms with Gasteiger partial charge in [-0.1, -0.05) is 0 Å². The molecular weight excluding hydrogens is 1620 g/mol. The molecule has 12 saturated heterocycles. The minimum absolute atomic E-state index is 0.0243. The van der Waals surface area contributed by atoms with Crippen LogP contribution in [0.3, 0.4) is 0 Å². The van der Waals surface area contributed by atoms with E-state index in [9.17, 15) is 62.6 Å². The molecule has 0 aromatic heterocycles. The maximum atomic E-state index is 11.9. The third kappa shape index (κ3) is 18.3. The Morgan fingerprint density at radius 3 is 0.963 bits per heavy atom. The molecule has 0 spiro atoms. The highest BCUT2D eigenvalue weighted by molar-refractivity contribution is 8.10. The first-order valence-electron chi connectivity index (χ1n) is 32.9. The van der Waals surface area contributed by atoms with E-state index < -0.39 is 59.8 Å². The van der Waals surface area contributed by atoms with E-state index in [-0.39, 0.29) is 67.1 Å². The fourth-order valence-corrected chi connectivity index (χ4v) is 33.1. The van der Waals surface area contributed by atoms with Crippen LogP contribution in [0.15, 0.2) is 72.8 Å². The SMILES string of the molecule is COC(=O)C(C(C)=O)N1C2CSC1CS2.COC(=O)c1cc(C(C)=O)cc(N2C3CSC2CS3)c1.COC(=O)c1ccc(C(C)=O)c(N2C3CSC2CS3)c1.O=C(O)C(C(=O)O)N1C2CSC1CS2.O=C(O)c1cc(C(=O)O)cc(N2C3CSC2CS3)c1.O=C(O)c1ccc(C(=O)O)c(N2C3CSC2CS3)c1. The molecule has 12 heterocycles. The van der Waals surface area contributed by atoms with Crippen LogP contribution in [0, 0.1) is 0 Å². The maximum absolute atomic E-state index is 11.9. The number of carbonyl (C=O) groups is 12. The van der Waals surface area contributed by atoms with Crippen molar-refractivity contribution in [2.75, 3.05) is 110 Å². The van der Waals surface area contributed by atoms with Gasteiger partial charge in [0.15, 0.2) is 23.4 Å². The number of Topliss-reactive ketones (excluding diaryl/α,β-unsaturated/α-hetero) is 3. The van der Waals surface area contributed by atoms with Gasteiger partial charge >= 0.3 is 53.7 Å². The molecule has 0 aliphatic carbocycles. The number of methoxy groups -OCH3 is 3. The third-order valence-electron chi connectivity index (χ3n) is 18.4. The summed E-state index contributed by atoms with van der Waals surface area (Å²) in [6.07, 6.45) is 0. The summed E-state index contributed by atoms with van der Waals surface area (Å²) in [7, 11) is 4.05. The minimum Gasteiger partial charge on any atom is -0.480 e. The number of carboxylic acids is 6. The molecule has 12 aliphatic heterocycles. The molecule has 12 bridgehead atoms. The zero-order valence-corrected chi connectivity index (χ0v) is 67.7. The zero-order chi connectivity index (χ0) is 77.0. The molecule has 0 amide bonds. The van der Waals surface area contributed by atoms with Gasteiger partial charge in [-0.3, -0.25) is 24.2 Å². The Kier molecular flexibility index (Phi) is 27.9. The van der Waals surface area contributed by atoms with E-state index in [1.165, 1.54) is 59.4 Å². The lowest BCUT2D eigenvalue weighted by Gasteiger charge is -2.26. The fourth-order valence-electron chi connectivity index (χ4n) is 13.5. The third-order valence-corrected chi connectivity index (χ3v) is 36.5. The standard InChI is InChI=1S/2C14H15NO3S2.2C12H11NO4S2.C9H13NO3S2.C7H9NO4S2/c1-8(16)9-3-10(14(17)18-2)5-11(4-9)15-12-6-19-13(15)7-20-12;1-8(16)10-4-3-9(14(17)18-2)5-11(10)15-12-6-19-13(15)7-20-12;14-11(15)6-1-7(12(16)17)3-8(2-6)13-9-4-18-10(13)5-19-9;14-11(15)6-1-2-7(12(16)17)8(3-6)13-9-4-18-10(13)5-19-9;1-5(11)8(9(12)13-2)10-6-3-14-7(10)4-15-6;9-6(10)5(7(11)12)8-3-1-13-4(8)2-14-3/h2*3-5,12-13H,6-7H2,1-2H3;2*1-3,9-10H,4-5H2,(H,14,15)(H,16,17);6-8H,3-4H2,1-2H3;3-5H,1-2H2,(H,9,10)(H,11,12). The number of fused-ring (bicyclic) bond motifs is 12. The average molecular weight is 1700 g/mol. The molecule has 4 aromatic rings. The number of hydrogen-bond donors (Lipinski definition) is 6. The monoisotopic (exact) mass is 1690 g/mol. The summed E-state index contributed by atoms with van der Waals surface area (Å²) in [6.45, 7) is 4.53. The molecule has 12 fully saturated rings. The summed E-state index contributed by atoms with van der Waals surface area (Å²) in [4.78, 5) is 149. The van der Waals surface area contributed by atoms with E-state index in [0.29, 0.717) is 76.6 Å². The highest BCUT2D eigenvalue weighted by atomic mass is 32.2. The quantitative estimate of drug-likeness (QED) is 0.0233. The predicted molar refractivity (Wildman–Crippen MR) is 430 cm³/mol. The van der Waals surface area contributed by atoms with Crippen LogP contribution in [0.1, 0.15) is 104 Å². The van der Waals surface area contributed by atoms with Crippen molar-refractivity contribution in [3.8, 4) is 0 Å². The number of carbonyl (C=O) groups excluding carboxylic acids is 6. The van der Waals surface area contributed by atoms with Gasteiger partial charge < -0.3 is 64.4 Å². The number of aromatic carboxylic acids is 4. The van der Waals surface area contributed by atoms with Gasteiger partial charge in [0, 0.05) is 91.5 Å². The van der Waals surface area contributed by atoms with E-state index in [1.54, 1.807) is 95.3 Å². The molecule has 16 rings (SSSR count). The normalized spacial score (nSPS) is 26.3. The minimum atomic E-state index is -1.38. The number of nitrogens with zero attached hydrogens (tertiary/aromatic N) is 6. The van der Waals surface area contributed by atoms with Crippen molar-refractivity contribution in [1.29, 1.82) is 0 Å². The number of hydrogen-bond acceptors (Lipinski definition) is 33. The number of carboxylic acid groups (broad SMARTS) is 6. The van der Waals surface area contributed by atoms with Crippen LogP contribution in [0.5, 0.6) is 0 Å². The van der Waals surface area contributed by atoms with Crippen LogP contribution in [-0.2, 0) is 33.4 Å². The van der Waals surface area contributed by atoms with Gasteiger partial charge in [0.25, 0.3) is 0 Å². The Labute approximate surface area is 666 Å². The van der Waals surface area contributed by atoms with E-state index in [0.717, 1.165) is 80.4 Å². The summed E-state index contributed by atoms with van der Waals surface area (Å²) in [5, 5.41) is 57.7. The van der Waals surface area contributed by atoms with Crippen molar-refractivity contribution < 1.29 is 102 Å². The smallest absolute Gasteiger partial charge is 0.337 e. The summed E-state index contributed by atoms with van der Waals surface area (Å²) in [6, 6.07) is 16.9. The van der Waals surface area contributed by atoms with E-state index >= 15 is 0 Å². The van der Waals surface area contributed by atoms with Crippen molar-refractivity contribution >= 4 is 235 Å². The van der Waals surface area contributed by atoms with Gasteiger partial charge in [0.1, 0.15) is 0 Å². The first-order chi connectivity index (χ1) is 51.1. The molecular formula is C68H74N6O21S12. The zero-order valence-electron chi connectivity index (χ0n) is 57.9. The van der Waals surface area contributed by atoms with Gasteiger partial charge in [-0.25, -0.2) is 43.2 Å². The topological polar surface area (TPSA) is 373 Å². The average Bonchev–Trinajstić information content (AvgIpc) is 1.66. The number of ketones is 3. The van der Waals surface area contributed by atoms with Crippen molar-refractivity contribution in [2.24, 2.45) is 0 Å². The van der Waals surface area contributed by atoms with Crippen molar-refractivity contribution in [1.82, 2.24) is 9.80 Å². The molecule has 0 radical (unpaired) electrons. The van der Waals surface area contributed by atoms with Crippen LogP contribution < -0.4 is 19.6 Å². The molecule has 39 heteroatoms. The van der Waals surface area contributed by atoms with Crippen LogP contribution in [0.2, 0.25) is 0 Å². The summed E-state index contributed by atoms with van der Waals surface area (Å²) in [5.74, 6) is 3.72. The molecule has 0 saturated carbocycles. The summed E-state index contributed by atoms with van der Waals surface area (Å²) < 4.78 is 14.2. The molecule has 13 unspecified atom stereocenters. The molecule has 12 aliphatic rings. The second-order valence-corrected chi connectivity index (χ2v) is 39.4. The van der Waals surface area contributed by atoms with Crippen molar-refractivity contribution in [2.45, 2.75) is 97.3 Å². The largest absolute Gasteiger partial charge is 0.480 e. The number of esters is 3. The predicted octanol–water partition coefficient (Wildman–Crippen LogP) is 9.86. The van der Waals surface area contributed by atoms with E-state index in [2.05, 4.69) is 14.7 Å². The molecule has 4 aromatic carbocycles. The number of benzene rings is 4. The summed E-state index contributed by atoms with van der Waals surface area (Å²) >= 11 is 21.9. The Hall–Kier alpha value is -5.56. The van der Waals surface area contributed by atoms with Gasteiger partial charge in [0.05, 0.1) is 131 Å². The number of anilines is 4. The second-order valence-electron chi connectivity index (χ2n) is 24.9. The first-order valence-corrected chi connectivity index (χ1v) is 45.5. The fraction of sp³-hybridized carbons (Fsp3) is 0.471. The van der Waals surface area contributed by atoms with Crippen LogP contribution in [0.4, 0.5) is 22.7 Å². The Balaban J connectivity index is 0.000000129. The van der Waals surface area contributed by atoms with Crippen LogP contribution >= 0.6 is 141 Å². The first kappa shape index (κ1) is 82.4. The Morgan fingerprint density at radius 1 is 0.327 bits per heavy atom. The Morgan fingerprint density at radius 2 is 0.636 bits per heavy atom. The molecule has 6 N–H and O–H groups in total. The lowest BCUT2D eigenvalue weighted by molar-refractivity contribution is -0.157. The number of rotatable bonds is 18. The molecule has 27 nitrogen and oxygen atoms in total. The number of aliphatic carboxylic acids is 2. The van der Waals surface area contributed by atoms with Crippen molar-refractivity contribution in [3.05, 3.63) is 117 Å². The maximum Gasteiger partial charge on any atom is 0.337 e. The summed E-state index contributed by atoms with van der Waals surface area (Å²) in [5.41, 5.74) is 5.55. The van der Waals surface area contributed by atoms with Gasteiger partial charge in [-0.2, -0.15) is 0 Å². The lowest BCUT2D eigenvalue weighted by atomic mass is 10.0. The van der Waals surface area contributed by atoms with E-state index in [4.69, 9.17) is 39.7 Å². The number of ether oxygens (including phenoxy) is 3. The lowest BCUT2D eigenvalue weighted by Crippen LogP contribution is -2.49. The molecule has 107 heavy (non-hydrogen) atoms. The highest BCUT2D eigenvalue weighted by Gasteiger charge is 2.52. The van der Waals surface area contributed by atoms with Crippen LogP contribution in [-0.4, -0.2) is 278 Å².